The molecule has 0 radical (unpaired) electrons. The fourth-order valence-corrected chi connectivity index (χ4v) is 3.59. The number of amides is 2. The highest BCUT2D eigenvalue weighted by atomic mass is 35.5. The van der Waals surface area contributed by atoms with Crippen molar-refractivity contribution in [2.45, 2.75) is 6.42 Å². The van der Waals surface area contributed by atoms with Crippen LogP contribution in [0.1, 0.15) is 11.1 Å². The van der Waals surface area contributed by atoms with Gasteiger partial charge in [-0.25, -0.2) is 0 Å². The van der Waals surface area contributed by atoms with Crippen molar-refractivity contribution >= 4 is 35.2 Å². The molecule has 0 saturated heterocycles. The molecule has 3 aromatic carbocycles. The lowest BCUT2D eigenvalue weighted by atomic mass is 10.1. The van der Waals surface area contributed by atoms with E-state index in [1.54, 1.807) is 43.5 Å². The second kappa shape index (κ2) is 10.2. The van der Waals surface area contributed by atoms with Crippen molar-refractivity contribution in [2.75, 3.05) is 25.1 Å². The third-order valence-corrected chi connectivity index (χ3v) is 5.45. The number of nitrogens with one attached hydrogen (secondary N) is 1. The van der Waals surface area contributed by atoms with Crippen molar-refractivity contribution in [3.63, 3.8) is 0 Å². The molecule has 168 valence electrons. The number of carbonyl (C=O) groups is 2. The highest BCUT2D eigenvalue weighted by Crippen LogP contribution is 2.35. The first-order chi connectivity index (χ1) is 16.0. The van der Waals surface area contributed by atoms with Crippen LogP contribution in [0.3, 0.4) is 0 Å². The van der Waals surface area contributed by atoms with Crippen LogP contribution in [-0.2, 0) is 16.0 Å². The smallest absolute Gasteiger partial charge is 0.294 e. The summed E-state index contributed by atoms with van der Waals surface area (Å²) in [6.07, 6.45) is 2.32. The van der Waals surface area contributed by atoms with E-state index in [0.717, 1.165) is 16.9 Å². The molecule has 0 unspecified atom stereocenters. The lowest BCUT2D eigenvalue weighted by Crippen LogP contribution is -2.44. The molecular formula is C26H23ClN2O4. The number of rotatable bonds is 7. The number of para-hydroxylation sites is 2. The van der Waals surface area contributed by atoms with Crippen molar-refractivity contribution in [1.82, 2.24) is 5.32 Å². The number of hydrogen-bond acceptors (Lipinski definition) is 4. The number of halogens is 1. The maximum absolute atomic E-state index is 13.2. The lowest BCUT2D eigenvalue weighted by Gasteiger charge is -2.30. The van der Waals surface area contributed by atoms with Crippen LogP contribution in [0.4, 0.5) is 5.69 Å². The lowest BCUT2D eigenvalue weighted by molar-refractivity contribution is -0.123. The molecule has 1 aliphatic rings. The summed E-state index contributed by atoms with van der Waals surface area (Å²) in [6, 6.07) is 21.9. The molecule has 0 atom stereocenters. The molecule has 33 heavy (non-hydrogen) atoms. The van der Waals surface area contributed by atoms with Gasteiger partial charge in [-0.05, 0) is 60.0 Å². The Hall–Kier alpha value is -3.77. The van der Waals surface area contributed by atoms with Gasteiger partial charge in [0.15, 0.2) is 11.5 Å². The van der Waals surface area contributed by atoms with Gasteiger partial charge in [0, 0.05) is 11.6 Å². The molecule has 2 amide bonds. The Morgan fingerprint density at radius 3 is 2.52 bits per heavy atom. The van der Waals surface area contributed by atoms with Crippen molar-refractivity contribution in [2.24, 2.45) is 0 Å². The molecule has 7 heteroatoms. The normalized spacial score (nSPS) is 13.9. The summed E-state index contributed by atoms with van der Waals surface area (Å²) in [5, 5.41) is 3.55. The summed E-state index contributed by atoms with van der Waals surface area (Å²) in [6.45, 7) is 0.342. The van der Waals surface area contributed by atoms with E-state index in [9.17, 15) is 9.59 Å². The molecular weight excluding hydrogens is 440 g/mol. The maximum Gasteiger partial charge on any atom is 0.294 e. The van der Waals surface area contributed by atoms with Gasteiger partial charge in [0.05, 0.1) is 12.8 Å². The molecule has 6 nitrogen and oxygen atoms in total. The molecule has 1 N–H and O–H groups in total. The summed E-state index contributed by atoms with van der Waals surface area (Å²) in [7, 11) is 1.59. The Bertz CT molecular complexity index is 1170. The zero-order valence-electron chi connectivity index (χ0n) is 18.1. The molecule has 0 fully saturated rings. The second-order valence-corrected chi connectivity index (χ2v) is 7.91. The van der Waals surface area contributed by atoms with Crippen LogP contribution in [0.15, 0.2) is 78.6 Å². The molecule has 0 aromatic heterocycles. The van der Waals surface area contributed by atoms with Crippen LogP contribution in [0.5, 0.6) is 11.5 Å². The molecule has 1 aliphatic heterocycles. The largest absolute Gasteiger partial charge is 0.497 e. The quantitative estimate of drug-likeness (QED) is 0.526. The number of methoxy groups -OCH3 is 1. The van der Waals surface area contributed by atoms with Gasteiger partial charge < -0.3 is 14.8 Å². The summed E-state index contributed by atoms with van der Waals surface area (Å²) >= 11 is 5.91. The number of hydrogen-bond donors (Lipinski definition) is 1. The fourth-order valence-electron chi connectivity index (χ4n) is 3.47. The predicted octanol–water partition coefficient (Wildman–Crippen LogP) is 4.47. The van der Waals surface area contributed by atoms with E-state index in [4.69, 9.17) is 21.1 Å². The average Bonchev–Trinajstić information content (AvgIpc) is 2.83. The first-order valence-corrected chi connectivity index (χ1v) is 10.9. The minimum Gasteiger partial charge on any atom is -0.497 e. The number of anilines is 1. The van der Waals surface area contributed by atoms with Gasteiger partial charge in [-0.3, -0.25) is 14.5 Å². The number of benzene rings is 3. The third-order valence-electron chi connectivity index (χ3n) is 5.20. The predicted molar refractivity (Wildman–Crippen MR) is 129 cm³/mol. The standard InChI is InChI=1S/C26H23ClN2O4/c1-32-21-12-8-19(9-13-21)16-24-26(31)29(22-4-2-3-5-23(22)33-24)17-25(30)28-15-14-18-6-10-20(27)11-7-18/h2-13,16H,14-15,17H2,1H3,(H,28,30)/b24-16-. The van der Waals surface area contributed by atoms with Crippen molar-refractivity contribution in [1.29, 1.82) is 0 Å². The first kappa shape index (κ1) is 22.4. The van der Waals surface area contributed by atoms with Crippen LogP contribution in [0.25, 0.3) is 6.08 Å². The first-order valence-electron chi connectivity index (χ1n) is 10.5. The Morgan fingerprint density at radius 2 is 1.79 bits per heavy atom. The Labute approximate surface area is 197 Å². The summed E-state index contributed by atoms with van der Waals surface area (Å²) in [4.78, 5) is 27.3. The highest BCUT2D eigenvalue weighted by Gasteiger charge is 2.31. The Kier molecular flexibility index (Phi) is 6.95. The van der Waals surface area contributed by atoms with E-state index in [-0.39, 0.29) is 24.1 Å². The zero-order valence-corrected chi connectivity index (χ0v) is 18.8. The third kappa shape index (κ3) is 5.54. The van der Waals surface area contributed by atoms with E-state index < -0.39 is 0 Å². The zero-order chi connectivity index (χ0) is 23.2. The number of fused-ring (bicyclic) bond motifs is 1. The average molecular weight is 463 g/mol. The summed E-state index contributed by atoms with van der Waals surface area (Å²) < 4.78 is 11.0. The van der Waals surface area contributed by atoms with E-state index in [2.05, 4.69) is 5.32 Å². The van der Waals surface area contributed by atoms with Gasteiger partial charge in [-0.15, -0.1) is 0 Å². The van der Waals surface area contributed by atoms with Gasteiger partial charge in [0.2, 0.25) is 5.91 Å². The van der Waals surface area contributed by atoms with Gasteiger partial charge in [0.25, 0.3) is 5.91 Å². The van der Waals surface area contributed by atoms with E-state index in [1.807, 2.05) is 42.5 Å². The SMILES string of the molecule is COc1ccc(/C=C2\Oc3ccccc3N(CC(=O)NCCc3ccc(Cl)cc3)C2=O)cc1. The minimum absolute atomic E-state index is 0.111. The molecule has 4 rings (SSSR count). The van der Waals surface area contributed by atoms with Crippen LogP contribution < -0.4 is 19.7 Å². The van der Waals surface area contributed by atoms with E-state index in [0.29, 0.717) is 29.4 Å². The number of ether oxygens (including phenoxy) is 2. The fraction of sp³-hybridized carbons (Fsp3) is 0.154. The Morgan fingerprint density at radius 1 is 1.06 bits per heavy atom. The highest BCUT2D eigenvalue weighted by molar-refractivity contribution is 6.30. The van der Waals surface area contributed by atoms with Gasteiger partial charge in [0.1, 0.15) is 12.3 Å². The second-order valence-electron chi connectivity index (χ2n) is 7.47. The monoisotopic (exact) mass is 462 g/mol. The summed E-state index contributed by atoms with van der Waals surface area (Å²) in [5.41, 5.74) is 2.41. The van der Waals surface area contributed by atoms with Crippen LogP contribution in [-0.4, -0.2) is 32.0 Å². The van der Waals surface area contributed by atoms with Crippen LogP contribution in [0, 0.1) is 0 Å². The van der Waals surface area contributed by atoms with Gasteiger partial charge in [-0.1, -0.05) is 48.0 Å². The topological polar surface area (TPSA) is 67.9 Å². The van der Waals surface area contributed by atoms with Crippen LogP contribution >= 0.6 is 11.6 Å². The Balaban J connectivity index is 1.47. The van der Waals surface area contributed by atoms with Crippen molar-refractivity contribution in [3.8, 4) is 11.5 Å². The van der Waals surface area contributed by atoms with Gasteiger partial charge >= 0.3 is 0 Å². The number of nitrogens with zero attached hydrogens (tertiary/aromatic N) is 1. The van der Waals surface area contributed by atoms with Crippen molar-refractivity contribution in [3.05, 3.63) is 94.7 Å². The molecule has 0 saturated carbocycles. The summed E-state index contributed by atoms with van der Waals surface area (Å²) in [5.74, 6) is 0.754. The molecule has 3 aromatic rings. The van der Waals surface area contributed by atoms with E-state index >= 15 is 0 Å². The van der Waals surface area contributed by atoms with Gasteiger partial charge in [-0.2, -0.15) is 0 Å². The molecule has 0 bridgehead atoms. The minimum atomic E-state index is -0.377. The number of carbonyl (C=O) groups excluding carboxylic acids is 2. The maximum atomic E-state index is 13.2. The van der Waals surface area contributed by atoms with Crippen LogP contribution in [0.2, 0.25) is 5.02 Å². The molecule has 0 spiro atoms. The molecule has 0 aliphatic carbocycles. The van der Waals surface area contributed by atoms with E-state index in [1.165, 1.54) is 4.90 Å². The van der Waals surface area contributed by atoms with Crippen molar-refractivity contribution < 1.29 is 19.1 Å². The molecule has 1 heterocycles.